The van der Waals surface area contributed by atoms with Crippen molar-refractivity contribution in [1.29, 1.82) is 5.26 Å². The molecule has 0 saturated heterocycles. The van der Waals surface area contributed by atoms with Crippen LogP contribution in [0.25, 0.3) is 16.3 Å². The Labute approximate surface area is 171 Å². The van der Waals surface area contributed by atoms with Gasteiger partial charge in [0, 0.05) is 28.0 Å². The average molecular weight is 409 g/mol. The molecule has 29 heavy (non-hydrogen) atoms. The van der Waals surface area contributed by atoms with E-state index in [1.165, 1.54) is 41.9 Å². The summed E-state index contributed by atoms with van der Waals surface area (Å²) in [6.07, 6.45) is 2.87. The summed E-state index contributed by atoms with van der Waals surface area (Å²) in [7, 11) is 0. The normalized spacial score (nSPS) is 12.1. The number of aromatic nitrogens is 2. The van der Waals surface area contributed by atoms with Crippen LogP contribution in [-0.2, 0) is 10.2 Å². The van der Waals surface area contributed by atoms with E-state index in [4.69, 9.17) is 11.0 Å². The van der Waals surface area contributed by atoms with Gasteiger partial charge >= 0.3 is 0 Å². The molecule has 0 spiro atoms. The van der Waals surface area contributed by atoms with Gasteiger partial charge in [0.05, 0.1) is 22.9 Å². The lowest BCUT2D eigenvalue weighted by atomic mass is 9.93. The number of nitrogens with one attached hydrogen (secondary N) is 1. The number of benzene rings is 1. The fourth-order valence-electron chi connectivity index (χ4n) is 3.00. The van der Waals surface area contributed by atoms with Gasteiger partial charge in [0.25, 0.3) is 5.91 Å². The number of nitrogens with two attached hydrogens (primary N) is 1. The molecule has 2 heterocycles. The molecule has 8 heteroatoms. The molecule has 1 aromatic carbocycles. The van der Waals surface area contributed by atoms with E-state index in [-0.39, 0.29) is 16.6 Å². The number of hydrogen-bond acceptors (Lipinski definition) is 6. The van der Waals surface area contributed by atoms with Crippen molar-refractivity contribution in [3.05, 3.63) is 57.6 Å². The summed E-state index contributed by atoms with van der Waals surface area (Å²) in [6, 6.07) is 6.16. The van der Waals surface area contributed by atoms with E-state index >= 15 is 0 Å². The van der Waals surface area contributed by atoms with Crippen molar-refractivity contribution in [3.63, 3.8) is 0 Å². The number of nitrogens with zero attached hydrogens (tertiary/aromatic N) is 3. The molecule has 6 nitrogen and oxygen atoms in total. The van der Waals surface area contributed by atoms with Gasteiger partial charge in [-0.3, -0.25) is 4.79 Å². The van der Waals surface area contributed by atoms with Crippen LogP contribution in [0, 0.1) is 24.1 Å². The third-order valence-electron chi connectivity index (χ3n) is 4.29. The zero-order valence-corrected chi connectivity index (χ0v) is 17.3. The fraction of sp³-hybridized carbons (Fsp3) is 0.238. The van der Waals surface area contributed by atoms with Crippen LogP contribution in [0.2, 0.25) is 0 Å². The topological polar surface area (TPSA) is 105 Å². The van der Waals surface area contributed by atoms with Crippen molar-refractivity contribution in [2.45, 2.75) is 33.1 Å². The number of fused-ring (bicyclic) bond motifs is 1. The number of halogens is 1. The maximum Gasteiger partial charge on any atom is 0.253 e. The second-order valence-electron chi connectivity index (χ2n) is 7.57. The molecule has 0 fully saturated rings. The number of hydrogen-bond donors (Lipinski definition) is 2. The third kappa shape index (κ3) is 4.10. The first-order chi connectivity index (χ1) is 13.6. The summed E-state index contributed by atoms with van der Waals surface area (Å²) >= 11 is 1.41. The first-order valence-electron chi connectivity index (χ1n) is 8.85. The van der Waals surface area contributed by atoms with Crippen LogP contribution in [0.4, 0.5) is 10.2 Å². The van der Waals surface area contributed by atoms with Crippen LogP contribution in [0.5, 0.6) is 0 Å². The first kappa shape index (κ1) is 20.4. The molecular weight excluding hydrogens is 389 g/mol. The summed E-state index contributed by atoms with van der Waals surface area (Å²) in [5.41, 5.74) is 6.68. The van der Waals surface area contributed by atoms with Gasteiger partial charge in [-0.1, -0.05) is 20.8 Å². The number of rotatable bonds is 4. The molecule has 0 aliphatic carbocycles. The van der Waals surface area contributed by atoms with Gasteiger partial charge in [0.2, 0.25) is 0 Å². The molecule has 3 rings (SSSR count). The molecule has 0 bridgehead atoms. The molecular formula is C21H20FN5OS. The highest BCUT2D eigenvalue weighted by atomic mass is 32.1. The molecule has 3 N–H and O–H groups in total. The molecule has 0 saturated carbocycles. The minimum Gasteiger partial charge on any atom is -0.365 e. The van der Waals surface area contributed by atoms with Crippen LogP contribution in [0.1, 0.15) is 41.9 Å². The number of nitriles is 1. The minimum absolute atomic E-state index is 0.113. The molecule has 0 atom stereocenters. The van der Waals surface area contributed by atoms with E-state index in [1.54, 1.807) is 0 Å². The number of anilines is 1. The molecule has 0 aliphatic rings. The molecule has 0 radical (unpaired) electrons. The Kier molecular flexibility index (Phi) is 5.36. The number of pyridine rings is 1. The first-order valence-corrected chi connectivity index (χ1v) is 9.66. The summed E-state index contributed by atoms with van der Waals surface area (Å²) in [5.74, 6) is -0.855. The number of primary amides is 1. The SMILES string of the molecule is Cc1nc(C(=CNc2nccc3c(F)cc(C#N)cc23)C(N)=O)sc1C(C)(C)C. The van der Waals surface area contributed by atoms with Crippen molar-refractivity contribution in [2.75, 3.05) is 5.32 Å². The van der Waals surface area contributed by atoms with E-state index < -0.39 is 11.7 Å². The average Bonchev–Trinajstić information content (AvgIpc) is 3.03. The summed E-state index contributed by atoms with van der Waals surface area (Å²) < 4.78 is 14.3. The molecule has 0 unspecified atom stereocenters. The molecule has 0 aliphatic heterocycles. The molecule has 3 aromatic rings. The van der Waals surface area contributed by atoms with Gasteiger partial charge in [-0.2, -0.15) is 5.26 Å². The molecule has 148 valence electrons. The summed E-state index contributed by atoms with van der Waals surface area (Å²) in [5, 5.41) is 13.3. The van der Waals surface area contributed by atoms with Gasteiger partial charge < -0.3 is 11.1 Å². The zero-order valence-electron chi connectivity index (χ0n) is 16.5. The van der Waals surface area contributed by atoms with E-state index in [1.807, 2.05) is 13.0 Å². The monoisotopic (exact) mass is 409 g/mol. The van der Waals surface area contributed by atoms with Crippen LogP contribution < -0.4 is 11.1 Å². The standard InChI is InChI=1S/C21H20FN5OS/c1-11-17(21(2,3)4)29-20(27-11)15(18(24)28)10-26-19-14-7-12(9-23)8-16(22)13(14)5-6-25-19/h5-8,10H,1-4H3,(H2,24,28)(H,25,26). The number of amides is 1. The highest BCUT2D eigenvalue weighted by molar-refractivity contribution is 7.13. The Morgan fingerprint density at radius 2 is 2.07 bits per heavy atom. The zero-order chi connectivity index (χ0) is 21.3. The maximum absolute atomic E-state index is 14.3. The Hall–Kier alpha value is -3.31. The van der Waals surface area contributed by atoms with Crippen molar-refractivity contribution in [3.8, 4) is 6.07 Å². The van der Waals surface area contributed by atoms with E-state index in [9.17, 15) is 9.18 Å². The van der Waals surface area contributed by atoms with Crippen LogP contribution >= 0.6 is 11.3 Å². The van der Waals surface area contributed by atoms with E-state index in [0.717, 1.165) is 10.6 Å². The summed E-state index contributed by atoms with van der Waals surface area (Å²) in [6.45, 7) is 8.12. The number of thiazole rings is 1. The lowest BCUT2D eigenvalue weighted by molar-refractivity contribution is -0.112. The van der Waals surface area contributed by atoms with Crippen molar-refractivity contribution < 1.29 is 9.18 Å². The van der Waals surface area contributed by atoms with Crippen LogP contribution in [0.3, 0.4) is 0 Å². The van der Waals surface area contributed by atoms with Gasteiger partial charge in [-0.05, 0) is 30.5 Å². The Morgan fingerprint density at radius 1 is 1.34 bits per heavy atom. The number of carbonyl (C=O) groups excluding carboxylic acids is 1. The Morgan fingerprint density at radius 3 is 2.66 bits per heavy atom. The minimum atomic E-state index is -0.643. The van der Waals surface area contributed by atoms with Crippen molar-refractivity contribution in [1.82, 2.24) is 9.97 Å². The lowest BCUT2D eigenvalue weighted by Crippen LogP contribution is -2.14. The highest BCUT2D eigenvalue weighted by Crippen LogP contribution is 2.34. The van der Waals surface area contributed by atoms with Crippen molar-refractivity contribution >= 4 is 39.4 Å². The second kappa shape index (κ2) is 7.60. The number of carbonyl (C=O) groups is 1. The van der Waals surface area contributed by atoms with Gasteiger partial charge in [0.15, 0.2) is 0 Å². The van der Waals surface area contributed by atoms with Gasteiger partial charge in [-0.15, -0.1) is 11.3 Å². The number of aryl methyl sites for hydroxylation is 1. The van der Waals surface area contributed by atoms with E-state index in [0.29, 0.717) is 21.6 Å². The predicted molar refractivity (Wildman–Crippen MR) is 113 cm³/mol. The van der Waals surface area contributed by atoms with Gasteiger partial charge in [0.1, 0.15) is 16.6 Å². The molecule has 2 aromatic heterocycles. The van der Waals surface area contributed by atoms with Crippen molar-refractivity contribution in [2.24, 2.45) is 5.73 Å². The third-order valence-corrected chi connectivity index (χ3v) is 5.90. The maximum atomic E-state index is 14.3. The predicted octanol–water partition coefficient (Wildman–Crippen LogP) is 4.25. The fourth-order valence-corrected chi connectivity index (χ4v) is 4.15. The highest BCUT2D eigenvalue weighted by Gasteiger charge is 2.23. The largest absolute Gasteiger partial charge is 0.365 e. The van der Waals surface area contributed by atoms with E-state index in [2.05, 4.69) is 36.1 Å². The smallest absolute Gasteiger partial charge is 0.253 e. The molecule has 1 amide bonds. The quantitative estimate of drug-likeness (QED) is 0.627. The summed E-state index contributed by atoms with van der Waals surface area (Å²) in [4.78, 5) is 21.8. The van der Waals surface area contributed by atoms with Gasteiger partial charge in [-0.25, -0.2) is 14.4 Å². The lowest BCUT2D eigenvalue weighted by Gasteiger charge is -2.16. The van der Waals surface area contributed by atoms with Crippen LogP contribution in [-0.4, -0.2) is 15.9 Å². The second-order valence-corrected chi connectivity index (χ2v) is 8.57. The van der Waals surface area contributed by atoms with Crippen LogP contribution in [0.15, 0.2) is 30.6 Å². The Bertz CT molecular complexity index is 1180. The Balaban J connectivity index is 2.06.